The van der Waals surface area contributed by atoms with Gasteiger partial charge in [0, 0.05) is 18.4 Å². The third-order valence-electron chi connectivity index (χ3n) is 3.82. The van der Waals surface area contributed by atoms with Gasteiger partial charge in [0.25, 0.3) is 0 Å². The quantitative estimate of drug-likeness (QED) is 0.775. The first kappa shape index (κ1) is 13.7. The highest BCUT2D eigenvalue weighted by molar-refractivity contribution is 5.78. The number of benzene rings is 2. The normalized spacial score (nSPS) is 12.4. The smallest absolute Gasteiger partial charge is 0.0934 e. The fraction of sp³-hybridized carbons (Fsp3) is 0.222. The first-order chi connectivity index (χ1) is 10.4. The van der Waals surface area contributed by atoms with Crippen LogP contribution in [-0.4, -0.2) is 17.0 Å². The second-order valence-electron chi connectivity index (χ2n) is 5.14. The van der Waals surface area contributed by atoms with E-state index in [0.717, 1.165) is 23.9 Å². The van der Waals surface area contributed by atoms with Gasteiger partial charge >= 0.3 is 0 Å². The number of nitrogens with zero attached hydrogens (tertiary/aromatic N) is 2. The molecule has 1 unspecified atom stereocenters. The zero-order valence-corrected chi connectivity index (χ0v) is 12.2. The van der Waals surface area contributed by atoms with Gasteiger partial charge in [-0.1, -0.05) is 42.5 Å². The van der Waals surface area contributed by atoms with Crippen LogP contribution in [0.15, 0.2) is 60.9 Å². The van der Waals surface area contributed by atoms with Crippen LogP contribution in [0, 0.1) is 0 Å². The molecule has 3 heteroatoms. The number of nitrogens with one attached hydrogen (secondary N) is 1. The lowest BCUT2D eigenvalue weighted by atomic mass is 9.98. The van der Waals surface area contributed by atoms with Crippen molar-refractivity contribution in [1.29, 1.82) is 0 Å². The van der Waals surface area contributed by atoms with E-state index in [1.54, 1.807) is 12.4 Å². The molecule has 1 heterocycles. The molecule has 0 bridgehead atoms. The predicted molar refractivity (Wildman–Crippen MR) is 86.1 cm³/mol. The van der Waals surface area contributed by atoms with Crippen LogP contribution in [0.3, 0.4) is 0 Å². The molecule has 0 aliphatic carbocycles. The van der Waals surface area contributed by atoms with Crippen LogP contribution in [0.25, 0.3) is 11.0 Å². The number of rotatable bonds is 5. The van der Waals surface area contributed by atoms with Crippen molar-refractivity contribution in [2.75, 3.05) is 7.05 Å². The molecule has 0 aliphatic heterocycles. The second-order valence-corrected chi connectivity index (χ2v) is 5.14. The van der Waals surface area contributed by atoms with Gasteiger partial charge in [-0.05, 0) is 37.1 Å². The molecular weight excluding hydrogens is 258 g/mol. The summed E-state index contributed by atoms with van der Waals surface area (Å²) >= 11 is 0. The molecule has 0 saturated carbocycles. The van der Waals surface area contributed by atoms with Crippen molar-refractivity contribution in [2.45, 2.75) is 18.9 Å². The highest BCUT2D eigenvalue weighted by Gasteiger charge is 2.13. The van der Waals surface area contributed by atoms with E-state index in [1.807, 2.05) is 13.1 Å². The summed E-state index contributed by atoms with van der Waals surface area (Å²) in [5.41, 5.74) is 4.53. The predicted octanol–water partition coefficient (Wildman–Crippen LogP) is 3.52. The minimum Gasteiger partial charge on any atom is -0.313 e. The molecule has 3 aromatic rings. The van der Waals surface area contributed by atoms with E-state index in [1.165, 1.54) is 11.1 Å². The molecule has 0 spiro atoms. The minimum atomic E-state index is 0.283. The van der Waals surface area contributed by atoms with Gasteiger partial charge in [-0.15, -0.1) is 0 Å². The zero-order chi connectivity index (χ0) is 14.5. The Labute approximate surface area is 125 Å². The molecule has 106 valence electrons. The van der Waals surface area contributed by atoms with E-state index >= 15 is 0 Å². The van der Waals surface area contributed by atoms with E-state index < -0.39 is 0 Å². The lowest BCUT2D eigenvalue weighted by molar-refractivity contribution is 0.552. The zero-order valence-electron chi connectivity index (χ0n) is 12.2. The van der Waals surface area contributed by atoms with Crippen LogP contribution in [0.1, 0.15) is 23.6 Å². The standard InChI is InChI=1S/C18H19N3/c1-19-16(11-10-14-6-3-2-4-7-14)15-8-5-9-17-18(15)21-13-12-20-17/h2-9,12-13,16,19H,10-11H2,1H3. The van der Waals surface area contributed by atoms with Crippen molar-refractivity contribution in [3.05, 3.63) is 72.1 Å². The first-order valence-electron chi connectivity index (χ1n) is 7.29. The van der Waals surface area contributed by atoms with E-state index in [4.69, 9.17) is 0 Å². The van der Waals surface area contributed by atoms with Crippen LogP contribution in [0.5, 0.6) is 0 Å². The van der Waals surface area contributed by atoms with Crippen molar-refractivity contribution in [3.8, 4) is 0 Å². The van der Waals surface area contributed by atoms with Crippen LogP contribution in [-0.2, 0) is 6.42 Å². The number of fused-ring (bicyclic) bond motifs is 1. The Bertz CT molecular complexity index is 704. The maximum Gasteiger partial charge on any atom is 0.0934 e. The summed E-state index contributed by atoms with van der Waals surface area (Å²) in [7, 11) is 2.00. The van der Waals surface area contributed by atoms with Gasteiger partial charge in [0.1, 0.15) is 0 Å². The summed E-state index contributed by atoms with van der Waals surface area (Å²) in [4.78, 5) is 8.89. The number of hydrogen-bond acceptors (Lipinski definition) is 3. The van der Waals surface area contributed by atoms with Gasteiger partial charge in [-0.25, -0.2) is 0 Å². The minimum absolute atomic E-state index is 0.283. The molecule has 2 aromatic carbocycles. The molecule has 0 amide bonds. The molecule has 3 nitrogen and oxygen atoms in total. The molecule has 1 atom stereocenters. The van der Waals surface area contributed by atoms with Crippen molar-refractivity contribution in [2.24, 2.45) is 0 Å². The van der Waals surface area contributed by atoms with Gasteiger partial charge in [-0.2, -0.15) is 0 Å². The molecule has 0 aliphatic rings. The highest BCUT2D eigenvalue weighted by atomic mass is 14.9. The molecule has 0 saturated heterocycles. The number of aromatic nitrogens is 2. The largest absolute Gasteiger partial charge is 0.313 e. The van der Waals surface area contributed by atoms with E-state index in [0.29, 0.717) is 0 Å². The molecule has 0 fully saturated rings. The number of aryl methyl sites for hydroxylation is 1. The lowest BCUT2D eigenvalue weighted by Crippen LogP contribution is -2.17. The summed E-state index contributed by atoms with van der Waals surface area (Å²) in [6.45, 7) is 0. The first-order valence-corrected chi connectivity index (χ1v) is 7.29. The molecule has 21 heavy (non-hydrogen) atoms. The molecular formula is C18H19N3. The van der Waals surface area contributed by atoms with Gasteiger partial charge in [0.2, 0.25) is 0 Å². The van der Waals surface area contributed by atoms with E-state index in [-0.39, 0.29) is 6.04 Å². The number of hydrogen-bond donors (Lipinski definition) is 1. The van der Waals surface area contributed by atoms with Crippen molar-refractivity contribution in [3.63, 3.8) is 0 Å². The van der Waals surface area contributed by atoms with Crippen molar-refractivity contribution in [1.82, 2.24) is 15.3 Å². The third kappa shape index (κ3) is 3.09. The van der Waals surface area contributed by atoms with Gasteiger partial charge in [0.05, 0.1) is 11.0 Å². The van der Waals surface area contributed by atoms with Gasteiger partial charge in [0.15, 0.2) is 0 Å². The second kappa shape index (κ2) is 6.46. The van der Waals surface area contributed by atoms with E-state index in [9.17, 15) is 0 Å². The summed E-state index contributed by atoms with van der Waals surface area (Å²) in [5, 5.41) is 3.41. The highest BCUT2D eigenvalue weighted by Crippen LogP contribution is 2.24. The Hall–Kier alpha value is -2.26. The SMILES string of the molecule is CNC(CCc1ccccc1)c1cccc2nccnc12. The Morgan fingerprint density at radius 3 is 2.57 bits per heavy atom. The van der Waals surface area contributed by atoms with Gasteiger partial charge < -0.3 is 5.32 Å². The Morgan fingerprint density at radius 1 is 0.952 bits per heavy atom. The number of para-hydroxylation sites is 1. The van der Waals surface area contributed by atoms with E-state index in [2.05, 4.69) is 57.7 Å². The average molecular weight is 277 g/mol. The summed E-state index contributed by atoms with van der Waals surface area (Å²) < 4.78 is 0. The monoisotopic (exact) mass is 277 g/mol. The van der Waals surface area contributed by atoms with Crippen LogP contribution in [0.2, 0.25) is 0 Å². The van der Waals surface area contributed by atoms with Crippen LogP contribution < -0.4 is 5.32 Å². The van der Waals surface area contributed by atoms with Crippen LogP contribution >= 0.6 is 0 Å². The van der Waals surface area contributed by atoms with Gasteiger partial charge in [-0.3, -0.25) is 9.97 Å². The molecule has 3 rings (SSSR count). The molecule has 0 radical (unpaired) electrons. The maximum absolute atomic E-state index is 4.50. The van der Waals surface area contributed by atoms with Crippen molar-refractivity contribution >= 4 is 11.0 Å². The molecule has 1 N–H and O–H groups in total. The molecule has 1 aromatic heterocycles. The van der Waals surface area contributed by atoms with Crippen molar-refractivity contribution < 1.29 is 0 Å². The third-order valence-corrected chi connectivity index (χ3v) is 3.82. The lowest BCUT2D eigenvalue weighted by Gasteiger charge is -2.18. The summed E-state index contributed by atoms with van der Waals surface area (Å²) in [6.07, 6.45) is 5.58. The summed E-state index contributed by atoms with van der Waals surface area (Å²) in [6, 6.07) is 17.1. The van der Waals surface area contributed by atoms with Crippen LogP contribution in [0.4, 0.5) is 0 Å². The average Bonchev–Trinajstić information content (AvgIpc) is 2.56. The Kier molecular flexibility index (Phi) is 4.22. The Balaban J connectivity index is 1.85. The maximum atomic E-state index is 4.50. The topological polar surface area (TPSA) is 37.8 Å². The summed E-state index contributed by atoms with van der Waals surface area (Å²) in [5.74, 6) is 0. The Morgan fingerprint density at radius 2 is 1.76 bits per heavy atom. The fourth-order valence-corrected chi connectivity index (χ4v) is 2.71. The fourth-order valence-electron chi connectivity index (χ4n) is 2.71.